The molecule has 5 heteroatoms. The van der Waals surface area contributed by atoms with E-state index in [-0.39, 0.29) is 19.8 Å². The Morgan fingerprint density at radius 3 is 2.25 bits per heavy atom. The first-order valence-electron chi connectivity index (χ1n) is 5.69. The highest BCUT2D eigenvalue weighted by Crippen LogP contribution is 2.01. The highest BCUT2D eigenvalue weighted by Gasteiger charge is 2.11. The molecule has 5 nitrogen and oxygen atoms in total. The molecule has 0 heterocycles. The highest BCUT2D eigenvalue weighted by atomic mass is 16.5. The molecule has 2 unspecified atom stereocenters. The Morgan fingerprint density at radius 1 is 1.06 bits per heavy atom. The Hall–Kier alpha value is -0.200. The van der Waals surface area contributed by atoms with Gasteiger partial charge in [0.2, 0.25) is 0 Å². The van der Waals surface area contributed by atoms with E-state index in [9.17, 15) is 0 Å². The van der Waals surface area contributed by atoms with E-state index in [1.165, 1.54) is 0 Å². The van der Waals surface area contributed by atoms with Crippen LogP contribution in [-0.4, -0.2) is 60.6 Å². The third kappa shape index (κ3) is 9.06. The third-order valence-corrected chi connectivity index (χ3v) is 2.08. The van der Waals surface area contributed by atoms with E-state index in [2.05, 4.69) is 13.8 Å². The zero-order valence-electron chi connectivity index (χ0n) is 10.1. The lowest BCUT2D eigenvalue weighted by atomic mass is 10.1. The van der Waals surface area contributed by atoms with Crippen molar-refractivity contribution in [2.45, 2.75) is 32.5 Å². The largest absolute Gasteiger partial charge is 0.394 e. The van der Waals surface area contributed by atoms with E-state index in [4.69, 9.17) is 24.8 Å². The molecule has 0 aliphatic carbocycles. The van der Waals surface area contributed by atoms with Crippen LogP contribution in [0.3, 0.4) is 0 Å². The third-order valence-electron chi connectivity index (χ3n) is 2.08. The van der Waals surface area contributed by atoms with Crippen molar-refractivity contribution >= 4 is 0 Å². The van der Waals surface area contributed by atoms with Crippen LogP contribution in [0.15, 0.2) is 0 Å². The number of hydrogen-bond donors (Lipinski definition) is 3. The molecule has 0 rings (SSSR count). The van der Waals surface area contributed by atoms with Gasteiger partial charge in [0.1, 0.15) is 12.2 Å². The smallest absolute Gasteiger partial charge is 0.104 e. The summed E-state index contributed by atoms with van der Waals surface area (Å²) in [4.78, 5) is 0. The van der Waals surface area contributed by atoms with Gasteiger partial charge in [0.25, 0.3) is 0 Å². The van der Waals surface area contributed by atoms with Crippen LogP contribution in [0.1, 0.15) is 20.3 Å². The van der Waals surface area contributed by atoms with E-state index in [0.717, 1.165) is 6.42 Å². The topological polar surface area (TPSA) is 79.2 Å². The van der Waals surface area contributed by atoms with Gasteiger partial charge in [0.05, 0.1) is 26.4 Å². The molecule has 0 radical (unpaired) electrons. The predicted octanol–water partition coefficient (Wildman–Crippen LogP) is -0.220. The monoisotopic (exact) mass is 236 g/mol. The minimum Gasteiger partial charge on any atom is -0.394 e. The lowest BCUT2D eigenvalue weighted by Gasteiger charge is -2.17. The molecule has 0 aromatic rings. The van der Waals surface area contributed by atoms with E-state index < -0.39 is 12.2 Å². The fourth-order valence-corrected chi connectivity index (χ4v) is 0.987. The van der Waals surface area contributed by atoms with Crippen LogP contribution in [0.2, 0.25) is 0 Å². The van der Waals surface area contributed by atoms with Gasteiger partial charge in [-0.3, -0.25) is 0 Å². The molecular weight excluding hydrogens is 212 g/mol. The predicted molar refractivity (Wildman–Crippen MR) is 60.2 cm³/mol. The molecule has 0 spiro atoms. The zero-order valence-corrected chi connectivity index (χ0v) is 10.1. The van der Waals surface area contributed by atoms with Gasteiger partial charge in [0.15, 0.2) is 0 Å². The normalized spacial score (nSPS) is 15.4. The Morgan fingerprint density at radius 2 is 1.75 bits per heavy atom. The second kappa shape index (κ2) is 9.99. The molecule has 0 bridgehead atoms. The standard InChI is InChI=1S/C11H24O5/c1-9(2)3-4-15-8-11(6-13)16-7-10(14)5-12/h9-14H,3-8H2,1-2H3. The maximum atomic E-state index is 9.05. The summed E-state index contributed by atoms with van der Waals surface area (Å²) in [5.41, 5.74) is 0. The second-order valence-electron chi connectivity index (χ2n) is 4.23. The molecule has 0 fully saturated rings. The fourth-order valence-electron chi connectivity index (χ4n) is 0.987. The highest BCUT2D eigenvalue weighted by molar-refractivity contribution is 4.57. The van der Waals surface area contributed by atoms with Crippen molar-refractivity contribution in [3.8, 4) is 0 Å². The maximum Gasteiger partial charge on any atom is 0.104 e. The number of hydrogen-bond acceptors (Lipinski definition) is 5. The van der Waals surface area contributed by atoms with Gasteiger partial charge in [-0.1, -0.05) is 13.8 Å². The van der Waals surface area contributed by atoms with Gasteiger partial charge in [0, 0.05) is 6.61 Å². The first kappa shape index (κ1) is 15.8. The Kier molecular flexibility index (Phi) is 9.86. The maximum absolute atomic E-state index is 9.05. The van der Waals surface area contributed by atoms with Crippen molar-refractivity contribution < 1.29 is 24.8 Å². The summed E-state index contributed by atoms with van der Waals surface area (Å²) in [5.74, 6) is 0.588. The number of rotatable bonds is 10. The minimum absolute atomic E-state index is 0.00919. The SMILES string of the molecule is CC(C)CCOCC(CO)OCC(O)CO. The summed E-state index contributed by atoms with van der Waals surface area (Å²) in [7, 11) is 0. The van der Waals surface area contributed by atoms with E-state index in [0.29, 0.717) is 19.1 Å². The van der Waals surface area contributed by atoms with Crippen molar-refractivity contribution in [2.24, 2.45) is 5.92 Å². The molecule has 0 saturated heterocycles. The average molecular weight is 236 g/mol. The fraction of sp³-hybridized carbons (Fsp3) is 1.00. The lowest BCUT2D eigenvalue weighted by Crippen LogP contribution is -2.30. The van der Waals surface area contributed by atoms with Crippen LogP contribution in [-0.2, 0) is 9.47 Å². The summed E-state index contributed by atoms with van der Waals surface area (Å²) in [5, 5.41) is 26.6. The van der Waals surface area contributed by atoms with E-state index in [1.54, 1.807) is 0 Å². The van der Waals surface area contributed by atoms with Gasteiger partial charge < -0.3 is 24.8 Å². The van der Waals surface area contributed by atoms with Crippen LogP contribution >= 0.6 is 0 Å². The van der Waals surface area contributed by atoms with Gasteiger partial charge in [-0.2, -0.15) is 0 Å². The Balaban J connectivity index is 3.51. The molecule has 2 atom stereocenters. The number of aliphatic hydroxyl groups is 3. The molecule has 0 saturated carbocycles. The van der Waals surface area contributed by atoms with Gasteiger partial charge in [-0.25, -0.2) is 0 Å². The summed E-state index contributed by atoms with van der Waals surface area (Å²) in [6.45, 7) is 4.69. The molecule has 0 aromatic heterocycles. The summed E-state index contributed by atoms with van der Waals surface area (Å²) in [6.07, 6.45) is -0.365. The average Bonchev–Trinajstić information content (AvgIpc) is 2.27. The van der Waals surface area contributed by atoms with Crippen molar-refractivity contribution in [1.82, 2.24) is 0 Å². The molecule has 98 valence electrons. The van der Waals surface area contributed by atoms with Crippen molar-refractivity contribution in [2.75, 3.05) is 33.0 Å². The minimum atomic E-state index is -0.898. The quantitative estimate of drug-likeness (QED) is 0.457. The second-order valence-corrected chi connectivity index (χ2v) is 4.23. The Labute approximate surface area is 97.0 Å². The van der Waals surface area contributed by atoms with Crippen molar-refractivity contribution in [1.29, 1.82) is 0 Å². The van der Waals surface area contributed by atoms with Crippen LogP contribution < -0.4 is 0 Å². The van der Waals surface area contributed by atoms with Gasteiger partial charge in [-0.15, -0.1) is 0 Å². The van der Waals surface area contributed by atoms with Crippen molar-refractivity contribution in [3.05, 3.63) is 0 Å². The number of aliphatic hydroxyl groups excluding tert-OH is 3. The first-order valence-corrected chi connectivity index (χ1v) is 5.69. The molecule has 0 aliphatic heterocycles. The molecule has 0 aliphatic rings. The van der Waals surface area contributed by atoms with E-state index in [1.807, 2.05) is 0 Å². The summed E-state index contributed by atoms with van der Waals surface area (Å²) in [6, 6.07) is 0. The summed E-state index contributed by atoms with van der Waals surface area (Å²) >= 11 is 0. The van der Waals surface area contributed by atoms with E-state index >= 15 is 0 Å². The summed E-state index contributed by atoms with van der Waals surface area (Å²) < 4.78 is 10.5. The molecule has 0 aromatic carbocycles. The van der Waals surface area contributed by atoms with Crippen LogP contribution in [0, 0.1) is 5.92 Å². The first-order chi connectivity index (χ1) is 7.60. The van der Waals surface area contributed by atoms with Crippen LogP contribution in [0.4, 0.5) is 0 Å². The van der Waals surface area contributed by atoms with Crippen LogP contribution in [0.5, 0.6) is 0 Å². The molecule has 16 heavy (non-hydrogen) atoms. The zero-order chi connectivity index (χ0) is 12.4. The molecular formula is C11H24O5. The van der Waals surface area contributed by atoms with Crippen LogP contribution in [0.25, 0.3) is 0 Å². The van der Waals surface area contributed by atoms with Gasteiger partial charge >= 0.3 is 0 Å². The Bertz CT molecular complexity index is 151. The lowest BCUT2D eigenvalue weighted by molar-refractivity contribution is -0.0769. The number of ether oxygens (including phenoxy) is 2. The van der Waals surface area contributed by atoms with Gasteiger partial charge in [-0.05, 0) is 12.3 Å². The molecule has 0 amide bonds. The molecule has 3 N–H and O–H groups in total. The van der Waals surface area contributed by atoms with Crippen molar-refractivity contribution in [3.63, 3.8) is 0 Å².